The quantitative estimate of drug-likeness (QED) is 0.414. The molecule has 0 saturated heterocycles. The Labute approximate surface area is 207 Å². The van der Waals surface area contributed by atoms with E-state index in [1.54, 1.807) is 23.5 Å². The number of anilines is 1. The molecule has 0 fully saturated rings. The van der Waals surface area contributed by atoms with E-state index in [0.29, 0.717) is 29.0 Å². The molecule has 4 heterocycles. The first-order valence-electron chi connectivity index (χ1n) is 11.7. The van der Waals surface area contributed by atoms with Gasteiger partial charge < -0.3 is 15.4 Å². The van der Waals surface area contributed by atoms with Crippen molar-refractivity contribution in [1.29, 1.82) is 0 Å². The summed E-state index contributed by atoms with van der Waals surface area (Å²) >= 11 is 0. The average Bonchev–Trinajstić information content (AvgIpc) is 3.40. The van der Waals surface area contributed by atoms with Gasteiger partial charge in [-0.2, -0.15) is 0 Å². The Morgan fingerprint density at radius 2 is 1.86 bits per heavy atom. The molecule has 2 N–H and O–H groups in total. The van der Waals surface area contributed by atoms with Gasteiger partial charge >= 0.3 is 0 Å². The minimum absolute atomic E-state index is 0.0854. The molecule has 0 saturated carbocycles. The summed E-state index contributed by atoms with van der Waals surface area (Å²) in [5.41, 5.74) is 12.9. The van der Waals surface area contributed by atoms with Crippen molar-refractivity contribution in [2.75, 3.05) is 19.4 Å². The third-order valence-corrected chi connectivity index (χ3v) is 6.91. The lowest BCUT2D eigenvalue weighted by Crippen LogP contribution is -2.37. The van der Waals surface area contributed by atoms with Crippen LogP contribution in [-0.4, -0.2) is 48.8 Å². The van der Waals surface area contributed by atoms with Gasteiger partial charge in [0, 0.05) is 30.6 Å². The number of ether oxygens (including phenoxy) is 1. The fourth-order valence-corrected chi connectivity index (χ4v) is 4.84. The molecule has 1 unspecified atom stereocenters. The molecule has 180 valence electrons. The predicted octanol–water partition coefficient (Wildman–Crippen LogP) is 4.13. The topological polar surface area (TPSA) is 112 Å². The van der Waals surface area contributed by atoms with Crippen LogP contribution < -0.4 is 5.73 Å². The van der Waals surface area contributed by atoms with E-state index in [4.69, 9.17) is 10.5 Å². The van der Waals surface area contributed by atoms with Crippen LogP contribution in [0.1, 0.15) is 46.4 Å². The maximum Gasteiger partial charge on any atom is 0.254 e. The van der Waals surface area contributed by atoms with Gasteiger partial charge in [0.05, 0.1) is 42.3 Å². The molecule has 6 rings (SSSR count). The van der Waals surface area contributed by atoms with Gasteiger partial charge in [-0.15, -0.1) is 0 Å². The molecule has 1 aliphatic rings. The van der Waals surface area contributed by atoms with Crippen LogP contribution in [0.3, 0.4) is 0 Å². The summed E-state index contributed by atoms with van der Waals surface area (Å²) in [5, 5.41) is 0. The van der Waals surface area contributed by atoms with Crippen molar-refractivity contribution >= 4 is 28.3 Å². The first-order chi connectivity index (χ1) is 17.4. The van der Waals surface area contributed by atoms with Crippen molar-refractivity contribution in [2.24, 2.45) is 0 Å². The number of rotatable bonds is 3. The molecule has 2 atom stereocenters. The van der Waals surface area contributed by atoms with Crippen molar-refractivity contribution in [3.05, 3.63) is 83.8 Å². The van der Waals surface area contributed by atoms with Gasteiger partial charge in [0.15, 0.2) is 0 Å². The van der Waals surface area contributed by atoms with Crippen LogP contribution >= 0.6 is 0 Å². The van der Waals surface area contributed by atoms with E-state index in [2.05, 4.69) is 38.1 Å². The number of fused-ring (bicyclic) bond motifs is 4. The number of aryl methyl sites for hydroxylation is 1. The van der Waals surface area contributed by atoms with E-state index < -0.39 is 0 Å². The molecule has 3 aromatic heterocycles. The average molecular weight is 480 g/mol. The van der Waals surface area contributed by atoms with Crippen LogP contribution in [0.15, 0.2) is 61.3 Å². The van der Waals surface area contributed by atoms with Crippen LogP contribution in [0.4, 0.5) is 5.82 Å². The van der Waals surface area contributed by atoms with Crippen LogP contribution in [0.2, 0.25) is 0 Å². The largest absolute Gasteiger partial charge is 0.382 e. The third-order valence-electron chi connectivity index (χ3n) is 6.91. The fourth-order valence-electron chi connectivity index (χ4n) is 4.84. The minimum atomic E-state index is -0.222. The number of amides is 1. The van der Waals surface area contributed by atoms with Crippen molar-refractivity contribution < 1.29 is 9.53 Å². The van der Waals surface area contributed by atoms with Crippen molar-refractivity contribution in [2.45, 2.75) is 26.0 Å². The molecule has 0 aliphatic carbocycles. The molecule has 0 spiro atoms. The van der Waals surface area contributed by atoms with E-state index >= 15 is 0 Å². The summed E-state index contributed by atoms with van der Waals surface area (Å²) in [6.45, 7) is 4.31. The molecule has 5 aromatic rings. The van der Waals surface area contributed by atoms with Crippen LogP contribution in [0, 0.1) is 6.92 Å². The summed E-state index contributed by atoms with van der Waals surface area (Å²) in [7, 11) is 1.82. The van der Waals surface area contributed by atoms with E-state index in [1.165, 1.54) is 0 Å². The highest BCUT2D eigenvalue weighted by molar-refractivity contribution is 5.98. The lowest BCUT2D eigenvalue weighted by molar-refractivity contribution is 0.00497. The maximum absolute atomic E-state index is 13.6. The number of nitrogens with zero attached hydrogens (tertiary/aromatic N) is 6. The number of carbonyl (C=O) groups excluding carboxylic acids is 1. The molecule has 1 aliphatic heterocycles. The summed E-state index contributed by atoms with van der Waals surface area (Å²) in [5.74, 6) is 1.03. The van der Waals surface area contributed by atoms with E-state index in [1.807, 2.05) is 49.8 Å². The second kappa shape index (κ2) is 8.39. The number of nitrogens with two attached hydrogens (primary N) is 1. The molecule has 9 heteroatoms. The third kappa shape index (κ3) is 3.56. The Hall–Kier alpha value is -4.37. The number of imidazole rings is 1. The normalized spacial score (nSPS) is 17.3. The zero-order chi connectivity index (χ0) is 25.0. The molecule has 2 aromatic carbocycles. The monoisotopic (exact) mass is 479 g/mol. The zero-order valence-corrected chi connectivity index (χ0v) is 20.2. The van der Waals surface area contributed by atoms with Gasteiger partial charge in [-0.25, -0.2) is 19.9 Å². The minimum Gasteiger partial charge on any atom is -0.382 e. The zero-order valence-electron chi connectivity index (χ0n) is 20.2. The van der Waals surface area contributed by atoms with E-state index in [-0.39, 0.29) is 18.1 Å². The number of carbonyl (C=O) groups is 1. The molecule has 36 heavy (non-hydrogen) atoms. The summed E-state index contributed by atoms with van der Waals surface area (Å²) in [6, 6.07) is 11.5. The van der Waals surface area contributed by atoms with Gasteiger partial charge in [0.2, 0.25) is 0 Å². The van der Waals surface area contributed by atoms with Gasteiger partial charge in [-0.05, 0) is 54.8 Å². The van der Waals surface area contributed by atoms with Crippen molar-refractivity contribution in [1.82, 2.24) is 29.2 Å². The Kier molecular flexibility index (Phi) is 5.15. The lowest BCUT2D eigenvalue weighted by atomic mass is 9.90. The molecule has 9 nitrogen and oxygen atoms in total. The standard InChI is InChI=1S/C27H25N7O2/c1-15-21-8-17(19-10-30-16(2)31-11-19)4-6-20(21)25(13-36-15)33(3)27(35)18-5-7-22-23(9-18)34-14-29-12-24(34)26(28)32-22/h4-12,14-15,25H,13H2,1-3H3,(H2,28,32)/t15?,25-/m1/s1. The van der Waals surface area contributed by atoms with E-state index in [9.17, 15) is 4.79 Å². The van der Waals surface area contributed by atoms with Gasteiger partial charge in [0.1, 0.15) is 17.2 Å². The van der Waals surface area contributed by atoms with Gasteiger partial charge in [0.25, 0.3) is 5.91 Å². The highest BCUT2D eigenvalue weighted by Crippen LogP contribution is 2.38. The molecule has 0 bridgehead atoms. The second-order valence-electron chi connectivity index (χ2n) is 9.12. The number of hydrogen-bond acceptors (Lipinski definition) is 7. The molecular weight excluding hydrogens is 454 g/mol. The van der Waals surface area contributed by atoms with Gasteiger partial charge in [-0.1, -0.05) is 12.1 Å². The van der Waals surface area contributed by atoms with Crippen molar-refractivity contribution in [3.8, 4) is 11.1 Å². The molecule has 1 amide bonds. The number of hydrogen-bond donors (Lipinski definition) is 1. The second-order valence-corrected chi connectivity index (χ2v) is 9.12. The first-order valence-corrected chi connectivity index (χ1v) is 11.7. The van der Waals surface area contributed by atoms with Crippen LogP contribution in [0.25, 0.3) is 27.7 Å². The highest BCUT2D eigenvalue weighted by Gasteiger charge is 2.31. The first kappa shape index (κ1) is 22.1. The SMILES string of the molecule is Cc1ncc(-c2ccc3c(c2)C(C)OC[C@H]3N(C)C(=O)c2ccc3nc(N)c4cncn4c3c2)cn1. The highest BCUT2D eigenvalue weighted by atomic mass is 16.5. The number of aromatic nitrogens is 5. The number of likely N-dealkylation sites (N-methyl/N-ethyl adjacent to an activating group) is 1. The Morgan fingerprint density at radius 1 is 1.06 bits per heavy atom. The molecular formula is C27H25N7O2. The Bertz CT molecular complexity index is 1630. The fraction of sp³-hybridized carbons (Fsp3) is 0.222. The summed E-state index contributed by atoms with van der Waals surface area (Å²) in [6.07, 6.45) is 6.90. The van der Waals surface area contributed by atoms with Crippen molar-refractivity contribution in [3.63, 3.8) is 0 Å². The molecule has 0 radical (unpaired) electrons. The van der Waals surface area contributed by atoms with E-state index in [0.717, 1.165) is 33.6 Å². The van der Waals surface area contributed by atoms with Crippen LogP contribution in [-0.2, 0) is 4.74 Å². The Morgan fingerprint density at radius 3 is 2.67 bits per heavy atom. The smallest absolute Gasteiger partial charge is 0.254 e. The maximum atomic E-state index is 13.6. The summed E-state index contributed by atoms with van der Waals surface area (Å²) in [4.78, 5) is 32.6. The Balaban J connectivity index is 1.35. The lowest BCUT2D eigenvalue weighted by Gasteiger charge is -2.36. The van der Waals surface area contributed by atoms with Crippen LogP contribution in [0.5, 0.6) is 0 Å². The van der Waals surface area contributed by atoms with Gasteiger partial charge in [-0.3, -0.25) is 9.20 Å². The summed E-state index contributed by atoms with van der Waals surface area (Å²) < 4.78 is 7.96. The number of nitrogen functional groups attached to an aromatic ring is 1. The predicted molar refractivity (Wildman–Crippen MR) is 136 cm³/mol. The number of benzene rings is 2.